The van der Waals surface area contributed by atoms with E-state index in [2.05, 4.69) is 15.8 Å². The van der Waals surface area contributed by atoms with Crippen molar-refractivity contribution in [1.29, 1.82) is 0 Å². The molecule has 0 radical (unpaired) electrons. The number of carbonyl (C=O) groups excluding carboxylic acids is 4. The summed E-state index contributed by atoms with van der Waals surface area (Å²) in [4.78, 5) is 50.9. The van der Waals surface area contributed by atoms with E-state index < -0.39 is 23.8 Å². The van der Waals surface area contributed by atoms with E-state index in [9.17, 15) is 19.2 Å². The summed E-state index contributed by atoms with van der Waals surface area (Å²) in [6, 6.07) is 10.8. The Morgan fingerprint density at radius 3 is 2.59 bits per heavy atom. The highest BCUT2D eigenvalue weighted by atomic mass is 35.5. The van der Waals surface area contributed by atoms with Crippen molar-refractivity contribution in [3.8, 4) is 5.75 Å². The average molecular weight is 588 g/mol. The summed E-state index contributed by atoms with van der Waals surface area (Å²) < 4.78 is 10.5. The topological polar surface area (TPSA) is 123 Å². The van der Waals surface area contributed by atoms with Gasteiger partial charge in [0, 0.05) is 9.90 Å². The Morgan fingerprint density at radius 1 is 1.03 bits per heavy atom. The lowest BCUT2D eigenvalue weighted by Crippen LogP contribution is -2.32. The van der Waals surface area contributed by atoms with Gasteiger partial charge in [-0.25, -0.2) is 15.0 Å². The normalized spacial score (nSPS) is 12.5. The molecule has 2 N–H and O–H groups in total. The molecule has 0 saturated carbocycles. The van der Waals surface area contributed by atoms with Crippen LogP contribution in [0.1, 0.15) is 56.5 Å². The van der Waals surface area contributed by atoms with Crippen molar-refractivity contribution in [3.63, 3.8) is 0 Å². The van der Waals surface area contributed by atoms with E-state index in [-0.39, 0.29) is 22.9 Å². The molecule has 39 heavy (non-hydrogen) atoms. The van der Waals surface area contributed by atoms with Crippen molar-refractivity contribution in [2.45, 2.75) is 32.6 Å². The van der Waals surface area contributed by atoms with Gasteiger partial charge in [-0.1, -0.05) is 35.3 Å². The van der Waals surface area contributed by atoms with Crippen molar-refractivity contribution >= 4 is 69.5 Å². The average Bonchev–Trinajstić information content (AvgIpc) is 3.26. The van der Waals surface area contributed by atoms with Gasteiger partial charge in [-0.2, -0.15) is 5.10 Å². The molecule has 12 heteroatoms. The van der Waals surface area contributed by atoms with Gasteiger partial charge in [-0.05, 0) is 74.1 Å². The van der Waals surface area contributed by atoms with Crippen LogP contribution in [0.2, 0.25) is 10.0 Å². The molecule has 202 valence electrons. The van der Waals surface area contributed by atoms with E-state index in [1.807, 2.05) is 0 Å². The van der Waals surface area contributed by atoms with Crippen LogP contribution in [0.3, 0.4) is 0 Å². The van der Waals surface area contributed by atoms with Crippen molar-refractivity contribution in [1.82, 2.24) is 5.43 Å². The van der Waals surface area contributed by atoms with Gasteiger partial charge < -0.3 is 14.8 Å². The van der Waals surface area contributed by atoms with Gasteiger partial charge in [0.1, 0.15) is 10.8 Å². The highest BCUT2D eigenvalue weighted by Gasteiger charge is 2.28. The van der Waals surface area contributed by atoms with Crippen molar-refractivity contribution < 1.29 is 28.7 Å². The van der Waals surface area contributed by atoms with Crippen LogP contribution in [0.4, 0.5) is 5.00 Å². The molecule has 0 saturated heterocycles. The summed E-state index contributed by atoms with van der Waals surface area (Å²) in [6.45, 7) is 1.90. The Bertz CT molecular complexity index is 1470. The second kappa shape index (κ2) is 12.9. The molecular formula is C27H23Cl2N3O6S. The summed E-state index contributed by atoms with van der Waals surface area (Å²) in [5.74, 6) is -2.98. The lowest BCUT2D eigenvalue weighted by molar-refractivity contribution is -0.136. The van der Waals surface area contributed by atoms with E-state index in [0.717, 1.165) is 29.7 Å². The molecule has 2 amide bonds. The molecule has 3 aromatic rings. The van der Waals surface area contributed by atoms with Crippen molar-refractivity contribution in [3.05, 3.63) is 79.6 Å². The van der Waals surface area contributed by atoms with Gasteiger partial charge in [0.2, 0.25) is 0 Å². The lowest BCUT2D eigenvalue weighted by Gasteiger charge is -2.12. The number of benzene rings is 2. The van der Waals surface area contributed by atoms with Crippen LogP contribution in [-0.2, 0) is 27.2 Å². The fourth-order valence-electron chi connectivity index (χ4n) is 3.92. The Morgan fingerprint density at radius 2 is 1.82 bits per heavy atom. The first kappa shape index (κ1) is 28.3. The van der Waals surface area contributed by atoms with Crippen LogP contribution in [-0.4, -0.2) is 36.6 Å². The standard InChI is InChI=1S/C27H23Cl2N3O6S/c1-2-37-27(36)22-19-8-3-4-9-21(19)39-25(22)31-23(33)24(34)32-30-14-15-6-5-7-17(12-15)38-26(35)18-11-10-16(28)13-20(18)29/h5-7,10-14H,2-4,8-9H2,1H3,(H,31,33)(H,32,34)/b30-14+. The van der Waals surface area contributed by atoms with Gasteiger partial charge >= 0.3 is 23.8 Å². The number of aryl methyl sites for hydroxylation is 1. The van der Waals surface area contributed by atoms with E-state index in [1.54, 1.807) is 25.1 Å². The SMILES string of the molecule is CCOC(=O)c1c(NC(=O)C(=O)N/N=C/c2cccc(OC(=O)c3ccc(Cl)cc3Cl)c2)sc2c1CCCC2. The van der Waals surface area contributed by atoms with Gasteiger partial charge in [0.25, 0.3) is 0 Å². The number of esters is 2. The number of hydrogen-bond acceptors (Lipinski definition) is 8. The molecule has 1 aromatic heterocycles. The van der Waals surface area contributed by atoms with Gasteiger partial charge in [-0.15, -0.1) is 11.3 Å². The summed E-state index contributed by atoms with van der Waals surface area (Å²) in [5.41, 5.74) is 3.97. The number of rotatable bonds is 7. The monoisotopic (exact) mass is 587 g/mol. The van der Waals surface area contributed by atoms with Crippen LogP contribution in [0.15, 0.2) is 47.6 Å². The maximum atomic E-state index is 12.5. The number of amides is 2. The zero-order valence-electron chi connectivity index (χ0n) is 20.7. The number of anilines is 1. The molecule has 0 aliphatic heterocycles. The Balaban J connectivity index is 1.38. The van der Waals surface area contributed by atoms with E-state index in [0.29, 0.717) is 27.6 Å². The fraction of sp³-hybridized carbons (Fsp3) is 0.222. The summed E-state index contributed by atoms with van der Waals surface area (Å²) in [5, 5.41) is 7.17. The molecule has 0 fully saturated rings. The Hall–Kier alpha value is -3.73. The maximum absolute atomic E-state index is 12.5. The number of nitrogens with zero attached hydrogens (tertiary/aromatic N) is 1. The third-order valence-corrected chi connectivity index (χ3v) is 7.44. The number of hydrogen-bond donors (Lipinski definition) is 2. The fourth-order valence-corrected chi connectivity index (χ4v) is 5.68. The molecule has 0 spiro atoms. The first-order chi connectivity index (χ1) is 18.8. The summed E-state index contributed by atoms with van der Waals surface area (Å²) in [7, 11) is 0. The smallest absolute Gasteiger partial charge is 0.345 e. The third-order valence-electron chi connectivity index (χ3n) is 5.68. The largest absolute Gasteiger partial charge is 0.462 e. The molecule has 1 heterocycles. The van der Waals surface area contributed by atoms with Gasteiger partial charge in [0.15, 0.2) is 0 Å². The molecule has 1 aliphatic rings. The highest BCUT2D eigenvalue weighted by Crippen LogP contribution is 2.38. The van der Waals surface area contributed by atoms with E-state index in [1.165, 1.54) is 41.8 Å². The minimum atomic E-state index is -1.02. The van der Waals surface area contributed by atoms with Gasteiger partial charge in [0.05, 0.1) is 29.0 Å². The second-order valence-corrected chi connectivity index (χ2v) is 10.3. The zero-order valence-corrected chi connectivity index (χ0v) is 23.0. The molecule has 0 unspecified atom stereocenters. The molecule has 1 aliphatic carbocycles. The lowest BCUT2D eigenvalue weighted by atomic mass is 9.95. The summed E-state index contributed by atoms with van der Waals surface area (Å²) in [6.07, 6.45) is 4.74. The minimum Gasteiger partial charge on any atom is -0.462 e. The number of thiophene rings is 1. The van der Waals surface area contributed by atoms with E-state index in [4.69, 9.17) is 32.7 Å². The number of carbonyl (C=O) groups is 4. The predicted octanol–water partition coefficient (Wildman–Crippen LogP) is 5.42. The molecule has 0 bridgehead atoms. The highest BCUT2D eigenvalue weighted by molar-refractivity contribution is 7.17. The van der Waals surface area contributed by atoms with Crippen LogP contribution < -0.4 is 15.5 Å². The number of halogens is 2. The van der Waals surface area contributed by atoms with Gasteiger partial charge in [-0.3, -0.25) is 9.59 Å². The second-order valence-electron chi connectivity index (χ2n) is 8.37. The predicted molar refractivity (Wildman–Crippen MR) is 149 cm³/mol. The van der Waals surface area contributed by atoms with Crippen molar-refractivity contribution in [2.75, 3.05) is 11.9 Å². The Labute approximate surface area is 238 Å². The van der Waals surface area contributed by atoms with Crippen LogP contribution in [0, 0.1) is 0 Å². The van der Waals surface area contributed by atoms with E-state index >= 15 is 0 Å². The Kier molecular flexibility index (Phi) is 9.34. The summed E-state index contributed by atoms with van der Waals surface area (Å²) >= 11 is 13.2. The molecule has 2 aromatic carbocycles. The number of nitrogens with one attached hydrogen (secondary N) is 2. The molecule has 4 rings (SSSR count). The van der Waals surface area contributed by atoms with Crippen LogP contribution >= 0.6 is 34.5 Å². The van der Waals surface area contributed by atoms with Crippen molar-refractivity contribution in [2.24, 2.45) is 5.10 Å². The number of hydrazone groups is 1. The number of fused-ring (bicyclic) bond motifs is 1. The van der Waals surface area contributed by atoms with Crippen LogP contribution in [0.25, 0.3) is 0 Å². The molecular weight excluding hydrogens is 565 g/mol. The zero-order chi connectivity index (χ0) is 27.9. The first-order valence-electron chi connectivity index (χ1n) is 12.0. The quantitative estimate of drug-likeness (QED) is 0.125. The maximum Gasteiger partial charge on any atom is 0.345 e. The first-order valence-corrected chi connectivity index (χ1v) is 13.6. The minimum absolute atomic E-state index is 0.149. The third kappa shape index (κ3) is 7.03. The van der Waals surface area contributed by atoms with Crippen LogP contribution in [0.5, 0.6) is 5.75 Å². The molecule has 9 nitrogen and oxygen atoms in total. The number of ether oxygens (including phenoxy) is 2. The molecule has 0 atom stereocenters.